The zero-order chi connectivity index (χ0) is 12.5. The Morgan fingerprint density at radius 3 is 2.89 bits per heavy atom. The monoisotopic (exact) mass is 283 g/mol. The highest BCUT2D eigenvalue weighted by atomic mass is 32.2. The number of carbonyl (C=O) groups is 1. The van der Waals surface area contributed by atoms with Gasteiger partial charge in [0.05, 0.1) is 10.4 Å². The Morgan fingerprint density at radius 2 is 2.33 bits per heavy atom. The van der Waals surface area contributed by atoms with Gasteiger partial charge in [0.2, 0.25) is 0 Å². The second-order valence-electron chi connectivity index (χ2n) is 4.91. The van der Waals surface area contributed by atoms with Crippen LogP contribution in [0.25, 0.3) is 0 Å². The smallest absolute Gasteiger partial charge is 0.280 e. The molecule has 3 aliphatic rings. The third-order valence-corrected chi connectivity index (χ3v) is 5.90. The summed E-state index contributed by atoms with van der Waals surface area (Å²) in [6.45, 7) is 3.41. The van der Waals surface area contributed by atoms with Crippen molar-refractivity contribution in [3.8, 4) is 0 Å². The van der Waals surface area contributed by atoms with E-state index < -0.39 is 0 Å². The number of carbonyl (C=O) groups excluding carboxylic acids is 1. The second-order valence-corrected chi connectivity index (χ2v) is 7.04. The number of rotatable bonds is 3. The highest BCUT2D eigenvalue weighted by molar-refractivity contribution is 8.00. The molecule has 1 N–H and O–H groups in total. The van der Waals surface area contributed by atoms with Gasteiger partial charge in [-0.1, -0.05) is 0 Å². The van der Waals surface area contributed by atoms with E-state index in [1.165, 1.54) is 37.3 Å². The lowest BCUT2D eigenvalue weighted by Crippen LogP contribution is -2.57. The van der Waals surface area contributed by atoms with Crippen LogP contribution in [0.15, 0.2) is 10.4 Å². The number of thioether (sulfide) groups is 1. The van der Waals surface area contributed by atoms with Gasteiger partial charge >= 0.3 is 0 Å². The van der Waals surface area contributed by atoms with Crippen molar-refractivity contribution in [2.45, 2.75) is 23.1 Å². The minimum atomic E-state index is -0.000880. The summed E-state index contributed by atoms with van der Waals surface area (Å²) >= 11 is 3.11. The molecule has 0 spiro atoms. The predicted octanol–water partition coefficient (Wildman–Crippen LogP) is 1.69. The molecular formula is C12H17N3OS2. The molecule has 98 valence electrons. The average molecular weight is 283 g/mol. The van der Waals surface area contributed by atoms with Gasteiger partial charge in [-0.2, -0.15) is 0 Å². The highest BCUT2D eigenvalue weighted by Gasteiger charge is 2.35. The fraction of sp³-hybridized carbons (Fsp3) is 0.667. The van der Waals surface area contributed by atoms with E-state index in [0.29, 0.717) is 17.0 Å². The predicted molar refractivity (Wildman–Crippen MR) is 74.3 cm³/mol. The molecule has 6 heteroatoms. The van der Waals surface area contributed by atoms with Crippen molar-refractivity contribution in [1.82, 2.24) is 15.2 Å². The largest absolute Gasteiger partial charge is 0.346 e. The molecular weight excluding hydrogens is 266 g/mol. The quantitative estimate of drug-likeness (QED) is 0.858. The van der Waals surface area contributed by atoms with Gasteiger partial charge in [-0.3, -0.25) is 4.79 Å². The third-order valence-electron chi connectivity index (χ3n) is 3.85. The normalized spacial score (nSPS) is 30.4. The van der Waals surface area contributed by atoms with E-state index >= 15 is 0 Å². The summed E-state index contributed by atoms with van der Waals surface area (Å²) in [4.78, 5) is 18.8. The summed E-state index contributed by atoms with van der Waals surface area (Å²) in [5.74, 6) is 0.665. The van der Waals surface area contributed by atoms with E-state index in [9.17, 15) is 4.79 Å². The number of hydrogen-bond acceptors (Lipinski definition) is 5. The maximum atomic E-state index is 12.1. The molecule has 0 radical (unpaired) electrons. The summed E-state index contributed by atoms with van der Waals surface area (Å²) in [6, 6.07) is 0.321. The number of piperidine rings is 3. The first kappa shape index (κ1) is 12.4. The van der Waals surface area contributed by atoms with Gasteiger partial charge in [0, 0.05) is 12.6 Å². The minimum absolute atomic E-state index is 0.000880. The standard InChI is InChI=1S/C12H17N3OS2/c1-17-10-6-13-12(18-10)11(16)14-9-7-15-4-2-8(9)3-5-15/h6,8-9H,2-5,7H2,1H3,(H,14,16)/t9-/m0/s1. The van der Waals surface area contributed by atoms with Gasteiger partial charge in [-0.25, -0.2) is 4.98 Å². The molecule has 1 atom stereocenters. The van der Waals surface area contributed by atoms with Crippen LogP contribution < -0.4 is 5.32 Å². The van der Waals surface area contributed by atoms with E-state index in [4.69, 9.17) is 0 Å². The summed E-state index contributed by atoms with van der Waals surface area (Å²) in [5.41, 5.74) is 0. The lowest BCUT2D eigenvalue weighted by atomic mass is 9.84. The molecule has 4 heterocycles. The van der Waals surface area contributed by atoms with Crippen molar-refractivity contribution in [2.75, 3.05) is 25.9 Å². The number of fused-ring (bicyclic) bond motifs is 3. The maximum absolute atomic E-state index is 12.1. The summed E-state index contributed by atoms with van der Waals surface area (Å²) in [5, 5.41) is 3.76. The van der Waals surface area contributed by atoms with Crippen LogP contribution in [0.3, 0.4) is 0 Å². The van der Waals surface area contributed by atoms with Crippen LogP contribution in [-0.2, 0) is 0 Å². The average Bonchev–Trinajstić information content (AvgIpc) is 2.89. The highest BCUT2D eigenvalue weighted by Crippen LogP contribution is 2.28. The van der Waals surface area contributed by atoms with Crippen molar-refractivity contribution >= 4 is 29.0 Å². The first-order valence-corrected chi connectivity index (χ1v) is 8.33. The van der Waals surface area contributed by atoms with Gasteiger partial charge in [0.1, 0.15) is 0 Å². The van der Waals surface area contributed by atoms with Gasteiger partial charge in [0.25, 0.3) is 5.91 Å². The van der Waals surface area contributed by atoms with E-state index in [2.05, 4.69) is 15.2 Å². The molecule has 4 nitrogen and oxygen atoms in total. The Bertz CT molecular complexity index is 440. The Hall–Kier alpha value is -0.590. The van der Waals surface area contributed by atoms with Crippen molar-refractivity contribution in [1.29, 1.82) is 0 Å². The molecule has 1 amide bonds. The van der Waals surface area contributed by atoms with Crippen LogP contribution in [0.1, 0.15) is 22.6 Å². The molecule has 3 aliphatic heterocycles. The third kappa shape index (κ3) is 2.41. The second kappa shape index (κ2) is 5.19. The van der Waals surface area contributed by atoms with Gasteiger partial charge < -0.3 is 10.2 Å². The van der Waals surface area contributed by atoms with Gasteiger partial charge in [-0.05, 0) is 38.1 Å². The molecule has 18 heavy (non-hydrogen) atoms. The Labute approximate surface area is 115 Å². The number of nitrogens with zero attached hydrogens (tertiary/aromatic N) is 2. The molecule has 3 fully saturated rings. The summed E-state index contributed by atoms with van der Waals surface area (Å²) in [7, 11) is 0. The number of thiazole rings is 1. The minimum Gasteiger partial charge on any atom is -0.346 e. The SMILES string of the molecule is CSc1cnc(C(=O)N[C@H]2CN3CCC2CC3)s1. The summed E-state index contributed by atoms with van der Waals surface area (Å²) in [6.07, 6.45) is 6.22. The molecule has 1 aromatic rings. The zero-order valence-electron chi connectivity index (χ0n) is 10.4. The number of aromatic nitrogens is 1. The Kier molecular flexibility index (Phi) is 3.59. The van der Waals surface area contributed by atoms with Crippen LogP contribution in [0, 0.1) is 5.92 Å². The van der Waals surface area contributed by atoms with Gasteiger partial charge in [-0.15, -0.1) is 23.1 Å². The van der Waals surface area contributed by atoms with E-state index in [-0.39, 0.29) is 5.91 Å². The van der Waals surface area contributed by atoms with Crippen LogP contribution >= 0.6 is 23.1 Å². The molecule has 0 aromatic carbocycles. The first-order chi connectivity index (χ1) is 8.76. The van der Waals surface area contributed by atoms with E-state index in [0.717, 1.165) is 10.8 Å². The van der Waals surface area contributed by atoms with Crippen LogP contribution in [0.2, 0.25) is 0 Å². The van der Waals surface area contributed by atoms with Crippen molar-refractivity contribution in [3.05, 3.63) is 11.2 Å². The number of nitrogens with one attached hydrogen (secondary N) is 1. The van der Waals surface area contributed by atoms with Crippen LogP contribution in [-0.4, -0.2) is 47.7 Å². The topological polar surface area (TPSA) is 45.2 Å². The van der Waals surface area contributed by atoms with Crippen molar-refractivity contribution in [3.63, 3.8) is 0 Å². The number of amides is 1. The molecule has 3 saturated heterocycles. The van der Waals surface area contributed by atoms with Crippen LogP contribution in [0.5, 0.6) is 0 Å². The molecule has 0 aliphatic carbocycles. The maximum Gasteiger partial charge on any atom is 0.280 e. The number of hydrogen-bond donors (Lipinski definition) is 1. The molecule has 0 saturated carbocycles. The molecule has 1 aromatic heterocycles. The van der Waals surface area contributed by atoms with Gasteiger partial charge in [0.15, 0.2) is 5.01 Å². The van der Waals surface area contributed by atoms with Crippen molar-refractivity contribution in [2.24, 2.45) is 5.92 Å². The zero-order valence-corrected chi connectivity index (χ0v) is 12.0. The molecule has 2 bridgehead atoms. The van der Waals surface area contributed by atoms with Crippen LogP contribution in [0.4, 0.5) is 0 Å². The lowest BCUT2D eigenvalue weighted by molar-refractivity contribution is 0.0620. The molecule has 0 unspecified atom stereocenters. The van der Waals surface area contributed by atoms with Crippen molar-refractivity contribution < 1.29 is 4.79 Å². The van der Waals surface area contributed by atoms with E-state index in [1.807, 2.05) is 6.26 Å². The first-order valence-electron chi connectivity index (χ1n) is 6.29. The fourth-order valence-electron chi connectivity index (χ4n) is 2.82. The van der Waals surface area contributed by atoms with E-state index in [1.54, 1.807) is 18.0 Å². The summed E-state index contributed by atoms with van der Waals surface area (Å²) < 4.78 is 1.09. The lowest BCUT2D eigenvalue weighted by Gasteiger charge is -2.44. The Balaban J connectivity index is 1.64. The fourth-order valence-corrected chi connectivity index (χ4v) is 4.10. The Morgan fingerprint density at radius 1 is 1.56 bits per heavy atom. The molecule has 4 rings (SSSR count).